The normalized spacial score (nSPS) is 14.7. The molecule has 0 bridgehead atoms. The van der Waals surface area contributed by atoms with Crippen LogP contribution in [0.25, 0.3) is 0 Å². The van der Waals surface area contributed by atoms with Crippen LogP contribution in [0.5, 0.6) is 5.75 Å². The number of carbonyl (C=O) groups excluding carboxylic acids is 1. The van der Waals surface area contributed by atoms with Gasteiger partial charge in [0.25, 0.3) is 5.91 Å². The Balaban J connectivity index is 1.79. The molecular formula is C19H22N2O2. The first-order chi connectivity index (χ1) is 11.1. The third-order valence-electron chi connectivity index (χ3n) is 4.24. The van der Waals surface area contributed by atoms with Crippen molar-refractivity contribution in [3.63, 3.8) is 0 Å². The highest BCUT2D eigenvalue weighted by atomic mass is 16.5. The van der Waals surface area contributed by atoms with Gasteiger partial charge >= 0.3 is 0 Å². The summed E-state index contributed by atoms with van der Waals surface area (Å²) in [5, 5.41) is 2.95. The zero-order valence-electron chi connectivity index (χ0n) is 13.3. The van der Waals surface area contributed by atoms with Crippen molar-refractivity contribution in [2.75, 3.05) is 11.1 Å². The Morgan fingerprint density at radius 2 is 1.91 bits per heavy atom. The van der Waals surface area contributed by atoms with E-state index in [4.69, 9.17) is 10.5 Å². The molecule has 0 radical (unpaired) electrons. The van der Waals surface area contributed by atoms with Gasteiger partial charge in [0.05, 0.1) is 11.8 Å². The standard InChI is InChI=1S/C19H22N2O2/c1-13-10-11-14(20)12-16(13)19(22)21-17-8-4-5-9-18(17)23-15-6-2-3-7-15/h4-5,8-12,15H,2-3,6-7,20H2,1H3,(H,21,22). The van der Waals surface area contributed by atoms with Gasteiger partial charge in [-0.1, -0.05) is 18.2 Å². The van der Waals surface area contributed by atoms with Crippen LogP contribution in [0, 0.1) is 6.92 Å². The molecule has 1 saturated carbocycles. The third kappa shape index (κ3) is 3.65. The predicted octanol–water partition coefficient (Wildman–Crippen LogP) is 4.15. The number of rotatable bonds is 4. The maximum absolute atomic E-state index is 12.6. The van der Waals surface area contributed by atoms with E-state index in [9.17, 15) is 4.79 Å². The van der Waals surface area contributed by atoms with Gasteiger partial charge in [-0.05, 0) is 62.4 Å². The van der Waals surface area contributed by atoms with Gasteiger partial charge in [-0.2, -0.15) is 0 Å². The number of carbonyl (C=O) groups is 1. The molecular weight excluding hydrogens is 288 g/mol. The summed E-state index contributed by atoms with van der Waals surface area (Å²) in [6.07, 6.45) is 4.83. The van der Waals surface area contributed by atoms with Crippen LogP contribution in [-0.4, -0.2) is 12.0 Å². The maximum atomic E-state index is 12.6. The highest BCUT2D eigenvalue weighted by Gasteiger charge is 2.19. The Morgan fingerprint density at radius 1 is 1.17 bits per heavy atom. The van der Waals surface area contributed by atoms with Gasteiger partial charge in [0.1, 0.15) is 5.75 Å². The van der Waals surface area contributed by atoms with Crippen LogP contribution in [0.1, 0.15) is 41.6 Å². The molecule has 0 atom stereocenters. The summed E-state index contributed by atoms with van der Waals surface area (Å²) in [5.41, 5.74) is 8.55. The first-order valence-corrected chi connectivity index (χ1v) is 8.06. The highest BCUT2D eigenvalue weighted by Crippen LogP contribution is 2.30. The van der Waals surface area contributed by atoms with Crippen LogP contribution in [0.3, 0.4) is 0 Å². The number of hydrogen-bond donors (Lipinski definition) is 2. The van der Waals surface area contributed by atoms with E-state index in [0.29, 0.717) is 16.9 Å². The summed E-state index contributed by atoms with van der Waals surface area (Å²) < 4.78 is 6.06. The van der Waals surface area contributed by atoms with Crippen LogP contribution in [0.4, 0.5) is 11.4 Å². The highest BCUT2D eigenvalue weighted by molar-refractivity contribution is 6.06. The molecule has 1 aliphatic carbocycles. The molecule has 23 heavy (non-hydrogen) atoms. The first kappa shape index (κ1) is 15.4. The van der Waals surface area contributed by atoms with Gasteiger partial charge in [-0.15, -0.1) is 0 Å². The molecule has 1 fully saturated rings. The third-order valence-corrected chi connectivity index (χ3v) is 4.24. The lowest BCUT2D eigenvalue weighted by Crippen LogP contribution is -2.16. The molecule has 0 unspecified atom stereocenters. The zero-order valence-corrected chi connectivity index (χ0v) is 13.3. The molecule has 0 heterocycles. The average molecular weight is 310 g/mol. The van der Waals surface area contributed by atoms with Gasteiger partial charge in [0.2, 0.25) is 0 Å². The molecule has 0 spiro atoms. The molecule has 3 rings (SSSR count). The van der Waals surface area contributed by atoms with E-state index in [-0.39, 0.29) is 12.0 Å². The average Bonchev–Trinajstić information content (AvgIpc) is 3.04. The number of ether oxygens (including phenoxy) is 1. The summed E-state index contributed by atoms with van der Waals surface area (Å²) in [6, 6.07) is 12.9. The quantitative estimate of drug-likeness (QED) is 0.834. The van der Waals surface area contributed by atoms with Gasteiger partial charge < -0.3 is 15.8 Å². The van der Waals surface area contributed by atoms with E-state index in [1.165, 1.54) is 12.8 Å². The van der Waals surface area contributed by atoms with Crippen molar-refractivity contribution < 1.29 is 9.53 Å². The fourth-order valence-corrected chi connectivity index (χ4v) is 2.93. The minimum absolute atomic E-state index is 0.169. The number of benzene rings is 2. The number of nitrogen functional groups attached to an aromatic ring is 1. The number of nitrogens with one attached hydrogen (secondary N) is 1. The van der Waals surface area contributed by atoms with E-state index >= 15 is 0 Å². The number of aryl methyl sites for hydroxylation is 1. The molecule has 1 aliphatic rings. The van der Waals surface area contributed by atoms with Crippen LogP contribution < -0.4 is 15.8 Å². The lowest BCUT2D eigenvalue weighted by atomic mass is 10.1. The van der Waals surface area contributed by atoms with Crippen molar-refractivity contribution in [3.05, 3.63) is 53.6 Å². The second-order valence-corrected chi connectivity index (χ2v) is 6.05. The number of nitrogens with two attached hydrogens (primary N) is 1. The number of hydrogen-bond acceptors (Lipinski definition) is 3. The van der Waals surface area contributed by atoms with E-state index < -0.39 is 0 Å². The summed E-state index contributed by atoms with van der Waals surface area (Å²) in [5.74, 6) is 0.562. The first-order valence-electron chi connectivity index (χ1n) is 8.06. The predicted molar refractivity (Wildman–Crippen MR) is 92.9 cm³/mol. The van der Waals surface area contributed by atoms with Crippen LogP contribution in [0.2, 0.25) is 0 Å². The maximum Gasteiger partial charge on any atom is 0.256 e. The van der Waals surface area contributed by atoms with Gasteiger partial charge in [0.15, 0.2) is 0 Å². The van der Waals surface area contributed by atoms with Crippen molar-refractivity contribution >= 4 is 17.3 Å². The number of anilines is 2. The Morgan fingerprint density at radius 3 is 2.70 bits per heavy atom. The molecule has 120 valence electrons. The van der Waals surface area contributed by atoms with E-state index in [1.807, 2.05) is 37.3 Å². The van der Waals surface area contributed by atoms with E-state index in [0.717, 1.165) is 24.2 Å². The second kappa shape index (κ2) is 6.73. The number of amides is 1. The van der Waals surface area contributed by atoms with Gasteiger partial charge in [-0.25, -0.2) is 0 Å². The van der Waals surface area contributed by atoms with Crippen LogP contribution in [-0.2, 0) is 0 Å². The fraction of sp³-hybridized carbons (Fsp3) is 0.316. The molecule has 2 aromatic rings. The molecule has 0 saturated heterocycles. The Kier molecular flexibility index (Phi) is 4.51. The smallest absolute Gasteiger partial charge is 0.256 e. The number of para-hydroxylation sites is 2. The topological polar surface area (TPSA) is 64.4 Å². The molecule has 3 N–H and O–H groups in total. The minimum Gasteiger partial charge on any atom is -0.488 e. The molecule has 1 amide bonds. The van der Waals surface area contributed by atoms with Crippen molar-refractivity contribution in [2.45, 2.75) is 38.7 Å². The Labute approximate surface area is 136 Å². The van der Waals surface area contributed by atoms with Crippen LogP contribution in [0.15, 0.2) is 42.5 Å². The molecule has 0 aliphatic heterocycles. The SMILES string of the molecule is Cc1ccc(N)cc1C(=O)Nc1ccccc1OC1CCCC1. The monoisotopic (exact) mass is 310 g/mol. The molecule has 0 aromatic heterocycles. The minimum atomic E-state index is -0.169. The zero-order chi connectivity index (χ0) is 16.2. The summed E-state index contributed by atoms with van der Waals surface area (Å²) in [6.45, 7) is 1.90. The summed E-state index contributed by atoms with van der Waals surface area (Å²) in [7, 11) is 0. The Bertz CT molecular complexity index is 706. The fourth-order valence-electron chi connectivity index (χ4n) is 2.93. The lowest BCUT2D eigenvalue weighted by molar-refractivity contribution is 0.102. The van der Waals surface area contributed by atoms with Crippen LogP contribution >= 0.6 is 0 Å². The van der Waals surface area contributed by atoms with Crippen molar-refractivity contribution in [2.24, 2.45) is 0 Å². The van der Waals surface area contributed by atoms with E-state index in [1.54, 1.807) is 12.1 Å². The largest absolute Gasteiger partial charge is 0.488 e. The Hall–Kier alpha value is -2.49. The van der Waals surface area contributed by atoms with Crippen molar-refractivity contribution in [1.82, 2.24) is 0 Å². The van der Waals surface area contributed by atoms with E-state index in [2.05, 4.69) is 5.32 Å². The van der Waals surface area contributed by atoms with Crippen molar-refractivity contribution in [3.8, 4) is 5.75 Å². The van der Waals surface area contributed by atoms with Gasteiger partial charge in [0, 0.05) is 11.3 Å². The summed E-state index contributed by atoms with van der Waals surface area (Å²) in [4.78, 5) is 12.6. The molecule has 2 aromatic carbocycles. The lowest BCUT2D eigenvalue weighted by Gasteiger charge is -2.17. The summed E-state index contributed by atoms with van der Waals surface area (Å²) >= 11 is 0. The molecule has 4 nitrogen and oxygen atoms in total. The second-order valence-electron chi connectivity index (χ2n) is 6.05. The molecule has 4 heteroatoms. The van der Waals surface area contributed by atoms with Gasteiger partial charge in [-0.3, -0.25) is 4.79 Å². The van der Waals surface area contributed by atoms with Crippen molar-refractivity contribution in [1.29, 1.82) is 0 Å².